The Bertz CT molecular complexity index is 508. The van der Waals surface area contributed by atoms with E-state index in [4.69, 9.17) is 10.3 Å². The summed E-state index contributed by atoms with van der Waals surface area (Å²) >= 11 is 0. The molecule has 0 saturated heterocycles. The van der Waals surface area contributed by atoms with Crippen molar-refractivity contribution >= 4 is 11.8 Å². The summed E-state index contributed by atoms with van der Waals surface area (Å²) in [7, 11) is 1.32. The molecular formula is C10H11N5O3. The first-order valence-electron chi connectivity index (χ1n) is 5.05. The first-order chi connectivity index (χ1) is 8.69. The van der Waals surface area contributed by atoms with E-state index in [1.807, 2.05) is 0 Å². The normalized spacial score (nSPS) is 10.1. The summed E-state index contributed by atoms with van der Waals surface area (Å²) in [6.07, 6.45) is 5.45. The summed E-state index contributed by atoms with van der Waals surface area (Å²) < 4.78 is 4.79. The zero-order valence-corrected chi connectivity index (χ0v) is 9.68. The zero-order chi connectivity index (χ0) is 13.4. The van der Waals surface area contributed by atoms with E-state index in [1.54, 1.807) is 12.2 Å². The van der Waals surface area contributed by atoms with Gasteiger partial charge in [-0.1, -0.05) is 17.3 Å². The molecule has 0 fully saturated rings. The van der Waals surface area contributed by atoms with E-state index in [9.17, 15) is 10.1 Å². The van der Waals surface area contributed by atoms with Gasteiger partial charge in [-0.2, -0.15) is 0 Å². The van der Waals surface area contributed by atoms with Crippen LogP contribution in [0.4, 0.5) is 5.69 Å². The van der Waals surface area contributed by atoms with Crippen LogP contribution in [-0.4, -0.2) is 23.6 Å². The number of nitrogens with zero attached hydrogens (tertiary/aromatic N) is 5. The van der Waals surface area contributed by atoms with Gasteiger partial charge in [0.25, 0.3) is 5.88 Å². The number of hydrogen-bond donors (Lipinski definition) is 0. The van der Waals surface area contributed by atoms with Crippen molar-refractivity contribution in [3.05, 3.63) is 44.5 Å². The number of methoxy groups -OCH3 is 1. The lowest BCUT2D eigenvalue weighted by Gasteiger charge is -2.00. The van der Waals surface area contributed by atoms with Gasteiger partial charge in [0.2, 0.25) is 0 Å². The van der Waals surface area contributed by atoms with Gasteiger partial charge < -0.3 is 4.74 Å². The second-order valence-corrected chi connectivity index (χ2v) is 3.20. The van der Waals surface area contributed by atoms with Crippen LogP contribution >= 0.6 is 0 Å². The van der Waals surface area contributed by atoms with Gasteiger partial charge in [0.1, 0.15) is 0 Å². The lowest BCUT2D eigenvalue weighted by molar-refractivity contribution is -0.386. The van der Waals surface area contributed by atoms with Gasteiger partial charge in [-0.05, 0) is 17.5 Å². The number of rotatable bonds is 6. The molecule has 1 rings (SSSR count). The highest BCUT2D eigenvalue weighted by Gasteiger charge is 2.15. The standard InChI is InChI=1S/C10H11N5O3/c1-18-10-9(15(16)17)6-8(7-12-10)4-2-3-5-13-14-11/h2,4,6-7H,3,5H2,1H3. The second kappa shape index (κ2) is 6.87. The van der Waals surface area contributed by atoms with Gasteiger partial charge in [0.15, 0.2) is 0 Å². The molecule has 0 saturated carbocycles. The first-order valence-corrected chi connectivity index (χ1v) is 5.05. The molecule has 1 aromatic rings. The molecule has 0 amide bonds. The van der Waals surface area contributed by atoms with Crippen LogP contribution in [0, 0.1) is 10.1 Å². The van der Waals surface area contributed by atoms with Crippen molar-refractivity contribution in [2.45, 2.75) is 6.42 Å². The van der Waals surface area contributed by atoms with Crippen molar-refractivity contribution in [1.29, 1.82) is 0 Å². The van der Waals surface area contributed by atoms with Crippen molar-refractivity contribution in [2.75, 3.05) is 13.7 Å². The molecule has 18 heavy (non-hydrogen) atoms. The molecule has 8 heteroatoms. The Labute approximate surface area is 103 Å². The van der Waals surface area contributed by atoms with Gasteiger partial charge in [0, 0.05) is 23.7 Å². The lowest BCUT2D eigenvalue weighted by Crippen LogP contribution is -1.96. The zero-order valence-electron chi connectivity index (χ0n) is 9.68. The van der Waals surface area contributed by atoms with Gasteiger partial charge in [0.05, 0.1) is 12.0 Å². The minimum Gasteiger partial charge on any atom is -0.476 e. The van der Waals surface area contributed by atoms with E-state index in [0.717, 1.165) is 0 Å². The molecule has 1 heterocycles. The average Bonchev–Trinajstić information content (AvgIpc) is 2.38. The molecule has 0 spiro atoms. The molecule has 94 valence electrons. The molecule has 0 N–H and O–H groups in total. The molecule has 0 aromatic carbocycles. The fraction of sp³-hybridized carbons (Fsp3) is 0.300. The lowest BCUT2D eigenvalue weighted by atomic mass is 10.2. The second-order valence-electron chi connectivity index (χ2n) is 3.20. The van der Waals surface area contributed by atoms with E-state index in [1.165, 1.54) is 19.4 Å². The SMILES string of the molecule is COc1ncc(C=CCCN=[N+]=[N-])cc1[N+](=O)[O-]. The van der Waals surface area contributed by atoms with E-state index in [-0.39, 0.29) is 11.6 Å². The summed E-state index contributed by atoms with van der Waals surface area (Å²) in [5.41, 5.74) is 8.47. The fourth-order valence-electron chi connectivity index (χ4n) is 1.23. The number of azide groups is 1. The topological polar surface area (TPSA) is 114 Å². The molecule has 1 aromatic heterocycles. The van der Waals surface area contributed by atoms with Crippen molar-refractivity contribution < 1.29 is 9.66 Å². The summed E-state index contributed by atoms with van der Waals surface area (Å²) in [4.78, 5) is 16.7. The van der Waals surface area contributed by atoms with E-state index in [0.29, 0.717) is 18.5 Å². The highest BCUT2D eigenvalue weighted by molar-refractivity contribution is 5.55. The predicted octanol–water partition coefficient (Wildman–Crippen LogP) is 2.71. The third-order valence-corrected chi connectivity index (χ3v) is 2.01. The van der Waals surface area contributed by atoms with Crippen LogP contribution < -0.4 is 4.74 Å². The van der Waals surface area contributed by atoms with Crippen molar-refractivity contribution in [2.24, 2.45) is 5.11 Å². The molecule has 8 nitrogen and oxygen atoms in total. The smallest absolute Gasteiger partial charge is 0.331 e. The van der Waals surface area contributed by atoms with E-state index < -0.39 is 4.92 Å². The Hall–Kier alpha value is -2.60. The monoisotopic (exact) mass is 249 g/mol. The molecule has 0 unspecified atom stereocenters. The van der Waals surface area contributed by atoms with Crippen LogP contribution in [0.15, 0.2) is 23.5 Å². The van der Waals surface area contributed by atoms with Gasteiger partial charge >= 0.3 is 5.69 Å². The third kappa shape index (κ3) is 3.76. The maximum absolute atomic E-state index is 10.8. The summed E-state index contributed by atoms with van der Waals surface area (Å²) in [6.45, 7) is 0.346. The Balaban J connectivity index is 2.81. The number of ether oxygens (including phenoxy) is 1. The van der Waals surface area contributed by atoms with Crippen LogP contribution in [0.2, 0.25) is 0 Å². The quantitative estimate of drug-likeness (QED) is 0.192. The molecule has 0 bridgehead atoms. The number of aromatic nitrogens is 1. The first kappa shape index (κ1) is 13.5. The predicted molar refractivity (Wildman–Crippen MR) is 65.1 cm³/mol. The van der Waals surface area contributed by atoms with Gasteiger partial charge in [-0.15, -0.1) is 0 Å². The third-order valence-electron chi connectivity index (χ3n) is 2.01. The largest absolute Gasteiger partial charge is 0.476 e. The summed E-state index contributed by atoms with van der Waals surface area (Å²) in [6, 6.07) is 1.37. The van der Waals surface area contributed by atoms with Crippen molar-refractivity contribution in [3.8, 4) is 5.88 Å². The molecule has 0 radical (unpaired) electrons. The molecule has 0 atom stereocenters. The van der Waals surface area contributed by atoms with E-state index >= 15 is 0 Å². The summed E-state index contributed by atoms with van der Waals surface area (Å²) in [5, 5.41) is 14.1. The van der Waals surface area contributed by atoms with Crippen LogP contribution in [0.5, 0.6) is 5.88 Å². The maximum Gasteiger partial charge on any atom is 0.331 e. The average molecular weight is 249 g/mol. The van der Waals surface area contributed by atoms with Gasteiger partial charge in [-0.25, -0.2) is 4.98 Å². The minimum atomic E-state index is -0.552. The summed E-state index contributed by atoms with van der Waals surface area (Å²) in [5.74, 6) is -0.0220. The van der Waals surface area contributed by atoms with Crippen LogP contribution in [0.25, 0.3) is 16.5 Å². The Kier molecular flexibility index (Phi) is 5.14. The molecular weight excluding hydrogens is 238 g/mol. The highest BCUT2D eigenvalue weighted by atomic mass is 16.6. The van der Waals surface area contributed by atoms with Crippen LogP contribution in [0.3, 0.4) is 0 Å². The number of hydrogen-bond acceptors (Lipinski definition) is 5. The fourth-order valence-corrected chi connectivity index (χ4v) is 1.23. The van der Waals surface area contributed by atoms with Crippen molar-refractivity contribution in [1.82, 2.24) is 4.98 Å². The minimum absolute atomic E-state index is 0.0220. The maximum atomic E-state index is 10.8. The van der Waals surface area contributed by atoms with E-state index in [2.05, 4.69) is 15.0 Å². The molecule has 0 aliphatic rings. The molecule has 0 aliphatic carbocycles. The highest BCUT2D eigenvalue weighted by Crippen LogP contribution is 2.24. The Morgan fingerprint density at radius 3 is 3.11 bits per heavy atom. The van der Waals surface area contributed by atoms with Crippen LogP contribution in [0.1, 0.15) is 12.0 Å². The number of pyridine rings is 1. The van der Waals surface area contributed by atoms with Crippen LogP contribution in [-0.2, 0) is 0 Å². The number of nitro groups is 1. The molecule has 0 aliphatic heterocycles. The van der Waals surface area contributed by atoms with Crippen molar-refractivity contribution in [3.63, 3.8) is 0 Å². The Morgan fingerprint density at radius 2 is 2.50 bits per heavy atom. The Morgan fingerprint density at radius 1 is 1.72 bits per heavy atom. The van der Waals surface area contributed by atoms with Gasteiger partial charge in [-0.3, -0.25) is 10.1 Å².